The summed E-state index contributed by atoms with van der Waals surface area (Å²) in [5.74, 6) is 0. The zero-order valence-corrected chi connectivity index (χ0v) is 39.4. The second-order valence-electron chi connectivity index (χ2n) is 18.7. The molecule has 0 spiro atoms. The van der Waals surface area contributed by atoms with Gasteiger partial charge in [-0.2, -0.15) is 0 Å². The van der Waals surface area contributed by atoms with Gasteiger partial charge < -0.3 is 9.32 Å². The maximum atomic E-state index is 6.08. The van der Waals surface area contributed by atoms with Crippen molar-refractivity contribution in [1.29, 1.82) is 0 Å². The molecule has 2 nitrogen and oxygen atoms in total. The fourth-order valence-corrected chi connectivity index (χ4v) is 12.0. The number of hydrogen-bond donors (Lipinski definition) is 0. The van der Waals surface area contributed by atoms with E-state index < -0.39 is 0 Å². The van der Waals surface area contributed by atoms with Gasteiger partial charge in [0.25, 0.3) is 0 Å². The Labute approximate surface area is 415 Å². The van der Waals surface area contributed by atoms with Crippen molar-refractivity contribution in [3.8, 4) is 33.4 Å². The maximum Gasteiger partial charge on any atom is 0.135 e. The van der Waals surface area contributed by atoms with E-state index in [0.29, 0.717) is 0 Å². The SMILES string of the molecule is CN(c1ccc(C2(c3ccccc3)c3ccccc3-c3ccccc32)cc1)c1cccc(-c2ccc3oc4ccccc4c3c2)c1.c1ccc(C2(c3ccccc3)c3ccccc3-c3ccccc32)cc1. The van der Waals surface area contributed by atoms with E-state index in [-0.39, 0.29) is 10.8 Å². The molecule has 2 aliphatic carbocycles. The van der Waals surface area contributed by atoms with Gasteiger partial charge in [-0.15, -0.1) is 0 Å². The highest BCUT2D eigenvalue weighted by molar-refractivity contribution is 6.06. The van der Waals surface area contributed by atoms with Crippen LogP contribution in [0.3, 0.4) is 0 Å². The molecule has 12 aromatic rings. The van der Waals surface area contributed by atoms with Gasteiger partial charge in [0, 0.05) is 29.2 Å². The van der Waals surface area contributed by atoms with Crippen molar-refractivity contribution in [2.75, 3.05) is 11.9 Å². The van der Waals surface area contributed by atoms with Crippen LogP contribution in [-0.2, 0) is 10.8 Å². The summed E-state index contributed by atoms with van der Waals surface area (Å²) in [5, 5.41) is 2.29. The zero-order chi connectivity index (χ0) is 47.4. The monoisotopic (exact) mass is 907 g/mol. The summed E-state index contributed by atoms with van der Waals surface area (Å²) in [5.41, 5.74) is 21.7. The van der Waals surface area contributed by atoms with Crippen LogP contribution in [0.15, 0.2) is 283 Å². The van der Waals surface area contributed by atoms with Gasteiger partial charge in [-0.3, -0.25) is 0 Å². The molecule has 2 heteroatoms. The second-order valence-corrected chi connectivity index (χ2v) is 18.7. The third-order valence-electron chi connectivity index (χ3n) is 15.2. The van der Waals surface area contributed by atoms with Crippen LogP contribution in [0.1, 0.15) is 44.5 Å². The summed E-state index contributed by atoms with van der Waals surface area (Å²) in [7, 11) is 2.15. The molecule has 0 atom stereocenters. The number of furan rings is 1. The van der Waals surface area contributed by atoms with E-state index in [4.69, 9.17) is 4.42 Å². The molecule has 14 rings (SSSR count). The lowest BCUT2D eigenvalue weighted by molar-refractivity contribution is 0.669. The van der Waals surface area contributed by atoms with E-state index in [2.05, 4.69) is 279 Å². The molecule has 336 valence electrons. The molecular formula is C69H49NO. The summed E-state index contributed by atoms with van der Waals surface area (Å²) >= 11 is 0. The average molecular weight is 908 g/mol. The van der Waals surface area contributed by atoms with Gasteiger partial charge in [0.1, 0.15) is 11.2 Å². The highest BCUT2D eigenvalue weighted by Crippen LogP contribution is 2.57. The lowest BCUT2D eigenvalue weighted by Gasteiger charge is -2.34. The molecule has 0 bridgehead atoms. The summed E-state index contributed by atoms with van der Waals surface area (Å²) in [6.07, 6.45) is 0. The van der Waals surface area contributed by atoms with Crippen LogP contribution in [-0.4, -0.2) is 7.05 Å². The Hall–Kier alpha value is -8.98. The molecule has 0 radical (unpaired) electrons. The van der Waals surface area contributed by atoms with Gasteiger partial charge in [-0.25, -0.2) is 0 Å². The van der Waals surface area contributed by atoms with Crippen molar-refractivity contribution < 1.29 is 4.42 Å². The van der Waals surface area contributed by atoms with Crippen molar-refractivity contribution in [3.05, 3.63) is 324 Å². The third kappa shape index (κ3) is 6.63. The van der Waals surface area contributed by atoms with Crippen LogP contribution in [0, 0.1) is 0 Å². The van der Waals surface area contributed by atoms with Gasteiger partial charge in [-0.1, -0.05) is 237 Å². The van der Waals surface area contributed by atoms with Crippen molar-refractivity contribution in [3.63, 3.8) is 0 Å². The van der Waals surface area contributed by atoms with Gasteiger partial charge in [0.15, 0.2) is 0 Å². The predicted octanol–water partition coefficient (Wildman–Crippen LogP) is 17.4. The van der Waals surface area contributed by atoms with Crippen molar-refractivity contribution in [2.24, 2.45) is 0 Å². The van der Waals surface area contributed by atoms with E-state index in [1.54, 1.807) is 0 Å². The average Bonchev–Trinajstić information content (AvgIpc) is 4.09. The number of fused-ring (bicyclic) bond motifs is 9. The Kier molecular flexibility index (Phi) is 10.2. The first-order valence-corrected chi connectivity index (χ1v) is 24.6. The molecule has 2 aliphatic rings. The van der Waals surface area contributed by atoms with E-state index in [9.17, 15) is 0 Å². The summed E-state index contributed by atoms with van der Waals surface area (Å²) in [4.78, 5) is 2.27. The Morgan fingerprint density at radius 2 is 0.676 bits per heavy atom. The van der Waals surface area contributed by atoms with E-state index in [0.717, 1.165) is 33.3 Å². The molecule has 1 aromatic heterocycles. The number of anilines is 2. The van der Waals surface area contributed by atoms with Crippen molar-refractivity contribution in [2.45, 2.75) is 10.8 Å². The molecule has 11 aromatic carbocycles. The van der Waals surface area contributed by atoms with Gasteiger partial charge in [0.05, 0.1) is 10.8 Å². The van der Waals surface area contributed by atoms with Crippen LogP contribution < -0.4 is 4.90 Å². The number of rotatable bonds is 7. The number of hydrogen-bond acceptors (Lipinski definition) is 2. The minimum absolute atomic E-state index is 0.254. The van der Waals surface area contributed by atoms with Crippen LogP contribution in [0.2, 0.25) is 0 Å². The third-order valence-corrected chi connectivity index (χ3v) is 15.2. The van der Waals surface area contributed by atoms with E-state index in [1.165, 1.54) is 77.9 Å². The van der Waals surface area contributed by atoms with Crippen molar-refractivity contribution >= 4 is 33.3 Å². The van der Waals surface area contributed by atoms with E-state index in [1.807, 2.05) is 12.1 Å². The highest BCUT2D eigenvalue weighted by atomic mass is 16.3. The normalized spacial score (nSPS) is 13.4. The summed E-state index contributed by atoms with van der Waals surface area (Å²) in [6, 6.07) is 101. The van der Waals surface area contributed by atoms with Gasteiger partial charge >= 0.3 is 0 Å². The molecule has 0 saturated heterocycles. The minimum atomic E-state index is -0.388. The Morgan fingerprint density at radius 3 is 1.17 bits per heavy atom. The highest BCUT2D eigenvalue weighted by Gasteiger charge is 2.47. The first kappa shape index (κ1) is 42.1. The van der Waals surface area contributed by atoms with E-state index >= 15 is 0 Å². The molecule has 71 heavy (non-hydrogen) atoms. The van der Waals surface area contributed by atoms with Crippen LogP contribution >= 0.6 is 0 Å². The molecule has 0 amide bonds. The lowest BCUT2D eigenvalue weighted by atomic mass is 9.68. The van der Waals surface area contributed by atoms with Gasteiger partial charge in [-0.05, 0) is 120 Å². The van der Waals surface area contributed by atoms with Crippen LogP contribution in [0.25, 0.3) is 55.3 Å². The number of para-hydroxylation sites is 1. The largest absolute Gasteiger partial charge is 0.456 e. The topological polar surface area (TPSA) is 16.4 Å². The van der Waals surface area contributed by atoms with Crippen LogP contribution in [0.4, 0.5) is 11.4 Å². The smallest absolute Gasteiger partial charge is 0.135 e. The first-order chi connectivity index (χ1) is 35.1. The van der Waals surface area contributed by atoms with Crippen LogP contribution in [0.5, 0.6) is 0 Å². The van der Waals surface area contributed by atoms with Gasteiger partial charge in [0.2, 0.25) is 0 Å². The maximum absolute atomic E-state index is 6.08. The molecule has 1 heterocycles. The first-order valence-electron chi connectivity index (χ1n) is 24.6. The second kappa shape index (κ2) is 17.2. The minimum Gasteiger partial charge on any atom is -0.456 e. The quantitative estimate of drug-likeness (QED) is 0.158. The molecule has 0 N–H and O–H groups in total. The fraction of sp³-hybridized carbons (Fsp3) is 0.0435. The zero-order valence-electron chi connectivity index (χ0n) is 39.4. The Bertz CT molecular complexity index is 3760. The molecule has 0 aliphatic heterocycles. The molecule has 0 saturated carbocycles. The number of benzene rings is 11. The summed E-state index contributed by atoms with van der Waals surface area (Å²) < 4.78 is 6.08. The molecule has 0 unspecified atom stereocenters. The lowest BCUT2D eigenvalue weighted by Crippen LogP contribution is -2.28. The predicted molar refractivity (Wildman–Crippen MR) is 295 cm³/mol. The Morgan fingerprint density at radius 1 is 0.282 bits per heavy atom. The summed E-state index contributed by atoms with van der Waals surface area (Å²) in [6.45, 7) is 0. The van der Waals surface area contributed by atoms with Crippen molar-refractivity contribution in [1.82, 2.24) is 0 Å². The number of nitrogens with zero attached hydrogens (tertiary/aromatic N) is 1. The molecule has 0 fully saturated rings. The molecular weight excluding hydrogens is 859 g/mol. The fourth-order valence-electron chi connectivity index (χ4n) is 12.0. The standard InChI is InChI=1S/C44H31NO.C25H18/c1-45(35-15-11-12-30(28-35)31-22-27-43-39(29-31)38-18-7-10-21-42(38)46-43)34-25-23-33(24-26-34)44(32-13-3-2-4-14-32)40-19-8-5-16-36(40)37-17-6-9-20-41(37)44;1-3-11-19(12-4-1)25(20-13-5-2-6-14-20)23-17-9-7-15-21(23)22-16-8-10-18-24(22)25/h2-29H,1H3;1-18H. The Balaban J connectivity index is 0.000000165.